The van der Waals surface area contributed by atoms with Gasteiger partial charge >= 0.3 is 0 Å². The average Bonchev–Trinajstić information content (AvgIpc) is 3.05. The minimum atomic E-state index is 0.00743. The molecule has 3 nitrogen and oxygen atoms in total. The van der Waals surface area contributed by atoms with E-state index in [1.807, 2.05) is 0 Å². The summed E-state index contributed by atoms with van der Waals surface area (Å²) in [5.41, 5.74) is 0.00743. The lowest BCUT2D eigenvalue weighted by Gasteiger charge is -2.31. The quantitative estimate of drug-likeness (QED) is 0.814. The van der Waals surface area contributed by atoms with Crippen molar-refractivity contribution in [1.82, 2.24) is 10.2 Å². The van der Waals surface area contributed by atoms with Gasteiger partial charge in [0.15, 0.2) is 0 Å². The lowest BCUT2D eigenvalue weighted by atomic mass is 9.82. The molecule has 0 spiro atoms. The van der Waals surface area contributed by atoms with E-state index in [2.05, 4.69) is 17.1 Å². The van der Waals surface area contributed by atoms with Gasteiger partial charge in [-0.1, -0.05) is 19.8 Å². The first kappa shape index (κ1) is 12.5. The van der Waals surface area contributed by atoms with Crippen LogP contribution in [0.4, 0.5) is 0 Å². The highest BCUT2D eigenvalue weighted by Gasteiger charge is 2.45. The highest BCUT2D eigenvalue weighted by Crippen LogP contribution is 2.43. The summed E-state index contributed by atoms with van der Waals surface area (Å²) >= 11 is 0. The predicted octanol–water partition coefficient (Wildman–Crippen LogP) is 2.17. The van der Waals surface area contributed by atoms with Gasteiger partial charge in [0.1, 0.15) is 0 Å². The Morgan fingerprint density at radius 2 is 2.06 bits per heavy atom. The summed E-state index contributed by atoms with van der Waals surface area (Å²) in [7, 11) is 0. The van der Waals surface area contributed by atoms with Gasteiger partial charge in [-0.25, -0.2) is 0 Å². The zero-order valence-corrected chi connectivity index (χ0v) is 11.6. The molecule has 0 aromatic rings. The molecule has 102 valence electrons. The van der Waals surface area contributed by atoms with Gasteiger partial charge in [-0.05, 0) is 44.6 Å². The van der Waals surface area contributed by atoms with Gasteiger partial charge in [-0.2, -0.15) is 0 Å². The van der Waals surface area contributed by atoms with E-state index in [0.29, 0.717) is 11.9 Å². The molecule has 3 rings (SSSR count). The zero-order chi connectivity index (χ0) is 12.6. The highest BCUT2D eigenvalue weighted by molar-refractivity contribution is 5.83. The van der Waals surface area contributed by atoms with Crippen LogP contribution in [0.3, 0.4) is 0 Å². The number of piperidine rings is 1. The van der Waals surface area contributed by atoms with Gasteiger partial charge in [0.05, 0.1) is 0 Å². The minimum absolute atomic E-state index is 0.00743. The summed E-state index contributed by atoms with van der Waals surface area (Å²) in [4.78, 5) is 15.0. The van der Waals surface area contributed by atoms with E-state index in [0.717, 1.165) is 44.8 Å². The molecular formula is C15H26N2O. The summed E-state index contributed by atoms with van der Waals surface area (Å²) in [5.74, 6) is 1.19. The second-order valence-electron chi connectivity index (χ2n) is 6.51. The molecule has 2 heterocycles. The number of carbonyl (C=O) groups is 1. The van der Waals surface area contributed by atoms with Crippen molar-refractivity contribution in [2.24, 2.45) is 11.3 Å². The fraction of sp³-hybridized carbons (Fsp3) is 0.933. The maximum absolute atomic E-state index is 12.8. The van der Waals surface area contributed by atoms with Crippen molar-refractivity contribution in [2.45, 2.75) is 57.9 Å². The number of nitrogens with zero attached hydrogens (tertiary/aromatic N) is 1. The van der Waals surface area contributed by atoms with Crippen molar-refractivity contribution < 1.29 is 4.79 Å². The van der Waals surface area contributed by atoms with E-state index in [4.69, 9.17) is 0 Å². The first-order valence-electron chi connectivity index (χ1n) is 7.78. The summed E-state index contributed by atoms with van der Waals surface area (Å²) in [6.07, 6.45) is 8.37. The second kappa shape index (κ2) is 4.84. The van der Waals surface area contributed by atoms with Crippen molar-refractivity contribution in [2.75, 3.05) is 19.6 Å². The van der Waals surface area contributed by atoms with Crippen molar-refractivity contribution in [3.8, 4) is 0 Å². The van der Waals surface area contributed by atoms with E-state index in [9.17, 15) is 4.79 Å². The zero-order valence-electron chi connectivity index (χ0n) is 11.6. The Morgan fingerprint density at radius 1 is 1.28 bits per heavy atom. The summed E-state index contributed by atoms with van der Waals surface area (Å²) in [6.45, 7) is 5.32. The van der Waals surface area contributed by atoms with Crippen molar-refractivity contribution in [3.05, 3.63) is 0 Å². The van der Waals surface area contributed by atoms with E-state index >= 15 is 0 Å². The Labute approximate surface area is 110 Å². The first-order valence-corrected chi connectivity index (χ1v) is 7.78. The molecule has 3 fully saturated rings. The monoisotopic (exact) mass is 250 g/mol. The summed E-state index contributed by atoms with van der Waals surface area (Å²) in [6, 6.07) is 0.581. The van der Waals surface area contributed by atoms with Crippen molar-refractivity contribution >= 4 is 5.91 Å². The van der Waals surface area contributed by atoms with Crippen LogP contribution >= 0.6 is 0 Å². The standard InChI is InChI=1S/C15H26N2O/c1-2-15(7-3-4-8-15)14(18)17-10-12-6-5-9-16-13(12)11-17/h12-13,16H,2-11H2,1H3. The molecular weight excluding hydrogens is 224 g/mol. The lowest BCUT2D eigenvalue weighted by molar-refractivity contribution is -0.141. The van der Waals surface area contributed by atoms with E-state index in [-0.39, 0.29) is 5.41 Å². The third-order valence-corrected chi connectivity index (χ3v) is 5.58. The number of carbonyl (C=O) groups excluding carboxylic acids is 1. The second-order valence-corrected chi connectivity index (χ2v) is 6.51. The van der Waals surface area contributed by atoms with Crippen LogP contribution in [0.15, 0.2) is 0 Å². The van der Waals surface area contributed by atoms with Gasteiger partial charge in [-0.15, -0.1) is 0 Å². The van der Waals surface area contributed by atoms with Crippen LogP contribution in [0.25, 0.3) is 0 Å². The smallest absolute Gasteiger partial charge is 0.228 e. The number of hydrogen-bond donors (Lipinski definition) is 1. The molecule has 1 aliphatic carbocycles. The number of rotatable bonds is 2. The van der Waals surface area contributed by atoms with Gasteiger partial charge in [0.25, 0.3) is 0 Å². The van der Waals surface area contributed by atoms with Crippen LogP contribution in [-0.4, -0.2) is 36.5 Å². The molecule has 0 aromatic heterocycles. The molecule has 18 heavy (non-hydrogen) atoms. The molecule has 2 aliphatic heterocycles. The Balaban J connectivity index is 1.69. The van der Waals surface area contributed by atoms with Crippen LogP contribution in [0.1, 0.15) is 51.9 Å². The Hall–Kier alpha value is -0.570. The predicted molar refractivity (Wildman–Crippen MR) is 72.3 cm³/mol. The fourth-order valence-corrected chi connectivity index (χ4v) is 4.32. The van der Waals surface area contributed by atoms with Gasteiger partial charge < -0.3 is 10.2 Å². The van der Waals surface area contributed by atoms with Gasteiger partial charge in [0.2, 0.25) is 5.91 Å². The van der Waals surface area contributed by atoms with E-state index in [1.165, 1.54) is 25.7 Å². The van der Waals surface area contributed by atoms with Crippen LogP contribution in [0, 0.1) is 11.3 Å². The van der Waals surface area contributed by atoms with Crippen molar-refractivity contribution in [3.63, 3.8) is 0 Å². The number of likely N-dealkylation sites (tertiary alicyclic amines) is 1. The maximum atomic E-state index is 12.8. The molecule has 2 unspecified atom stereocenters. The molecule has 1 saturated carbocycles. The topological polar surface area (TPSA) is 32.3 Å². The van der Waals surface area contributed by atoms with E-state index in [1.54, 1.807) is 0 Å². The normalized spacial score (nSPS) is 34.6. The maximum Gasteiger partial charge on any atom is 0.228 e. The highest BCUT2D eigenvalue weighted by atomic mass is 16.2. The Morgan fingerprint density at radius 3 is 2.72 bits per heavy atom. The van der Waals surface area contributed by atoms with Gasteiger partial charge in [0, 0.05) is 24.5 Å². The van der Waals surface area contributed by atoms with Crippen LogP contribution in [-0.2, 0) is 4.79 Å². The van der Waals surface area contributed by atoms with E-state index < -0.39 is 0 Å². The minimum Gasteiger partial charge on any atom is -0.340 e. The molecule has 3 aliphatic rings. The first-order chi connectivity index (χ1) is 8.75. The van der Waals surface area contributed by atoms with Crippen molar-refractivity contribution in [1.29, 1.82) is 0 Å². The number of fused-ring (bicyclic) bond motifs is 1. The third kappa shape index (κ3) is 1.97. The third-order valence-electron chi connectivity index (χ3n) is 5.58. The Kier molecular flexibility index (Phi) is 3.35. The number of hydrogen-bond acceptors (Lipinski definition) is 2. The molecule has 2 atom stereocenters. The van der Waals surface area contributed by atoms with Crippen LogP contribution in [0.2, 0.25) is 0 Å². The lowest BCUT2D eigenvalue weighted by Crippen LogP contribution is -2.43. The van der Waals surface area contributed by atoms with Crippen LogP contribution < -0.4 is 5.32 Å². The Bertz CT molecular complexity index is 308. The van der Waals surface area contributed by atoms with Gasteiger partial charge in [-0.3, -0.25) is 4.79 Å². The van der Waals surface area contributed by atoms with Crippen LogP contribution in [0.5, 0.6) is 0 Å². The molecule has 2 saturated heterocycles. The molecule has 1 N–H and O–H groups in total. The molecule has 0 bridgehead atoms. The summed E-state index contributed by atoms with van der Waals surface area (Å²) < 4.78 is 0. The molecule has 0 radical (unpaired) electrons. The largest absolute Gasteiger partial charge is 0.340 e. The number of nitrogens with one attached hydrogen (secondary N) is 1. The molecule has 0 aromatic carbocycles. The molecule has 3 heteroatoms. The SMILES string of the molecule is CCC1(C(=O)N2CC3CCCNC3C2)CCCC1. The molecule has 1 amide bonds. The number of amides is 1. The summed E-state index contributed by atoms with van der Waals surface area (Å²) in [5, 5.41) is 3.59. The fourth-order valence-electron chi connectivity index (χ4n) is 4.32. The average molecular weight is 250 g/mol.